The van der Waals surface area contributed by atoms with Crippen LogP contribution < -0.4 is 0 Å². The van der Waals surface area contributed by atoms with Crippen molar-refractivity contribution in [3.63, 3.8) is 0 Å². The molecule has 0 saturated carbocycles. The molecule has 1 fully saturated rings. The molecule has 3 atom stereocenters. The third-order valence-electron chi connectivity index (χ3n) is 2.97. The van der Waals surface area contributed by atoms with Crippen LogP contribution in [-0.4, -0.2) is 12.2 Å². The molecule has 1 nitrogen and oxygen atoms in total. The van der Waals surface area contributed by atoms with Gasteiger partial charge >= 0.3 is 0 Å². The van der Waals surface area contributed by atoms with Gasteiger partial charge in [-0.25, -0.2) is 0 Å². The summed E-state index contributed by atoms with van der Waals surface area (Å²) in [6, 6.07) is 2.20. The minimum atomic E-state index is 0.0277. The van der Waals surface area contributed by atoms with Crippen LogP contribution in [-0.2, 0) is 4.74 Å². The smallest absolute Gasteiger partial charge is 0.0858 e. The van der Waals surface area contributed by atoms with Gasteiger partial charge < -0.3 is 4.74 Å². The molecule has 3 heteroatoms. The maximum Gasteiger partial charge on any atom is 0.0858 e. The van der Waals surface area contributed by atoms with Crippen LogP contribution in [0.2, 0.25) is 0 Å². The number of aryl methyl sites for hydroxylation is 2. The van der Waals surface area contributed by atoms with E-state index in [4.69, 9.17) is 16.3 Å². The number of thiophene rings is 1. The first-order valence-electron chi connectivity index (χ1n) is 5.44. The lowest BCUT2D eigenvalue weighted by atomic mass is 10.1. The average molecular weight is 245 g/mol. The second-order valence-corrected chi connectivity index (χ2v) is 6.26. The van der Waals surface area contributed by atoms with E-state index < -0.39 is 0 Å². The van der Waals surface area contributed by atoms with Gasteiger partial charge in [-0.2, -0.15) is 0 Å². The zero-order chi connectivity index (χ0) is 11.0. The first kappa shape index (κ1) is 11.4. The highest BCUT2D eigenvalue weighted by Crippen LogP contribution is 2.38. The van der Waals surface area contributed by atoms with E-state index >= 15 is 0 Å². The molecule has 0 bridgehead atoms. The fraction of sp³-hybridized carbons (Fsp3) is 0.667. The zero-order valence-corrected chi connectivity index (χ0v) is 11.0. The number of ether oxygens (including phenoxy) is 1. The first-order chi connectivity index (χ1) is 7.08. The lowest BCUT2D eigenvalue weighted by molar-refractivity contribution is 0.0533. The topological polar surface area (TPSA) is 9.23 Å². The van der Waals surface area contributed by atoms with Crippen molar-refractivity contribution < 1.29 is 4.74 Å². The molecule has 2 rings (SSSR count). The van der Waals surface area contributed by atoms with Crippen molar-refractivity contribution in [3.05, 3.63) is 21.4 Å². The molecule has 1 aromatic rings. The predicted molar refractivity (Wildman–Crippen MR) is 66.0 cm³/mol. The maximum atomic E-state index is 6.48. The van der Waals surface area contributed by atoms with Crippen molar-refractivity contribution >= 4 is 22.9 Å². The summed E-state index contributed by atoms with van der Waals surface area (Å²) < 4.78 is 5.81. The lowest BCUT2D eigenvalue weighted by Gasteiger charge is -2.17. The molecule has 0 radical (unpaired) electrons. The third-order valence-corrected chi connectivity index (χ3v) is 4.47. The Labute approximate surface area is 100 Å². The minimum Gasteiger partial charge on any atom is -0.373 e. The quantitative estimate of drug-likeness (QED) is 0.708. The van der Waals surface area contributed by atoms with Gasteiger partial charge in [0.15, 0.2) is 0 Å². The Kier molecular flexibility index (Phi) is 3.39. The Balaban J connectivity index is 2.13. The molecule has 1 aromatic heterocycles. The summed E-state index contributed by atoms with van der Waals surface area (Å²) >= 11 is 8.30. The van der Waals surface area contributed by atoms with Gasteiger partial charge in [0.1, 0.15) is 0 Å². The van der Waals surface area contributed by atoms with E-state index in [0.717, 1.165) is 12.8 Å². The minimum absolute atomic E-state index is 0.0277. The van der Waals surface area contributed by atoms with Gasteiger partial charge in [-0.3, -0.25) is 0 Å². The third kappa shape index (κ3) is 2.38. The largest absolute Gasteiger partial charge is 0.373 e. The van der Waals surface area contributed by atoms with E-state index in [1.807, 2.05) is 11.3 Å². The number of alkyl halides is 1. The Morgan fingerprint density at radius 2 is 2.20 bits per heavy atom. The Bertz CT molecular complexity index is 347. The van der Waals surface area contributed by atoms with Gasteiger partial charge in [0.2, 0.25) is 0 Å². The zero-order valence-electron chi connectivity index (χ0n) is 9.42. The Morgan fingerprint density at radius 3 is 2.67 bits per heavy atom. The summed E-state index contributed by atoms with van der Waals surface area (Å²) in [5.41, 5.74) is 1.26. The van der Waals surface area contributed by atoms with Crippen molar-refractivity contribution in [2.45, 2.75) is 51.2 Å². The molecule has 0 aromatic carbocycles. The highest BCUT2D eigenvalue weighted by atomic mass is 35.5. The van der Waals surface area contributed by atoms with Gasteiger partial charge in [0, 0.05) is 9.75 Å². The monoisotopic (exact) mass is 244 g/mol. The van der Waals surface area contributed by atoms with Crippen LogP contribution in [0.25, 0.3) is 0 Å². The number of rotatable bonds is 2. The van der Waals surface area contributed by atoms with Crippen LogP contribution >= 0.6 is 22.9 Å². The molecule has 84 valence electrons. The van der Waals surface area contributed by atoms with Gasteiger partial charge in [0.05, 0.1) is 17.6 Å². The van der Waals surface area contributed by atoms with E-state index in [1.54, 1.807) is 0 Å². The van der Waals surface area contributed by atoms with E-state index in [0.29, 0.717) is 6.10 Å². The van der Waals surface area contributed by atoms with Gasteiger partial charge in [-0.1, -0.05) is 0 Å². The molecule has 15 heavy (non-hydrogen) atoms. The van der Waals surface area contributed by atoms with Crippen LogP contribution in [0.4, 0.5) is 0 Å². The van der Waals surface area contributed by atoms with E-state index in [1.165, 1.54) is 15.3 Å². The van der Waals surface area contributed by atoms with E-state index in [-0.39, 0.29) is 11.5 Å². The maximum absolute atomic E-state index is 6.48. The number of halogens is 1. The molecule has 3 unspecified atom stereocenters. The van der Waals surface area contributed by atoms with Crippen molar-refractivity contribution in [2.75, 3.05) is 0 Å². The van der Waals surface area contributed by atoms with Crippen molar-refractivity contribution in [1.29, 1.82) is 0 Å². The molecular formula is C12H17ClOS. The summed E-state index contributed by atoms with van der Waals surface area (Å²) in [5, 5.41) is 0.0277. The predicted octanol–water partition coefficient (Wildman–Crippen LogP) is 4.21. The molecule has 0 amide bonds. The highest BCUT2D eigenvalue weighted by Gasteiger charge is 2.30. The van der Waals surface area contributed by atoms with Crippen molar-refractivity contribution in [1.82, 2.24) is 0 Å². The second kappa shape index (κ2) is 4.44. The van der Waals surface area contributed by atoms with Crippen LogP contribution in [0.15, 0.2) is 6.07 Å². The first-order valence-corrected chi connectivity index (χ1v) is 6.69. The molecule has 1 saturated heterocycles. The van der Waals surface area contributed by atoms with Crippen LogP contribution in [0.5, 0.6) is 0 Å². The lowest BCUT2D eigenvalue weighted by Crippen LogP contribution is -2.14. The summed E-state index contributed by atoms with van der Waals surface area (Å²) in [5.74, 6) is 0. The van der Waals surface area contributed by atoms with E-state index in [9.17, 15) is 0 Å². The van der Waals surface area contributed by atoms with E-state index in [2.05, 4.69) is 26.8 Å². The van der Waals surface area contributed by atoms with Gasteiger partial charge in [-0.05, 0) is 45.2 Å². The Morgan fingerprint density at radius 1 is 1.47 bits per heavy atom. The van der Waals surface area contributed by atoms with Gasteiger partial charge in [0.25, 0.3) is 0 Å². The molecule has 0 spiro atoms. The molecule has 2 heterocycles. The summed E-state index contributed by atoms with van der Waals surface area (Å²) in [7, 11) is 0. The highest BCUT2D eigenvalue weighted by molar-refractivity contribution is 7.12. The fourth-order valence-electron chi connectivity index (χ4n) is 2.17. The average Bonchev–Trinajstić information content (AvgIpc) is 2.71. The van der Waals surface area contributed by atoms with Crippen LogP contribution in [0, 0.1) is 13.8 Å². The van der Waals surface area contributed by atoms with Crippen LogP contribution in [0.3, 0.4) is 0 Å². The molecular weight excluding hydrogens is 228 g/mol. The standard InChI is InChI=1S/C12H17ClOS/c1-7-4-5-11(14-7)12(13)10-6-8(2)15-9(10)3/h6-7,11-12H,4-5H2,1-3H3. The number of hydrogen-bond donors (Lipinski definition) is 0. The fourth-order valence-corrected chi connectivity index (χ4v) is 3.62. The SMILES string of the molecule is Cc1cc(C(Cl)C2CCC(C)O2)c(C)s1. The second-order valence-electron chi connectivity index (χ2n) is 4.33. The molecule has 1 aliphatic heterocycles. The molecule has 0 N–H and O–H groups in total. The van der Waals surface area contributed by atoms with Gasteiger partial charge in [-0.15, -0.1) is 22.9 Å². The number of hydrogen-bond acceptors (Lipinski definition) is 2. The summed E-state index contributed by atoms with van der Waals surface area (Å²) in [6.07, 6.45) is 2.80. The van der Waals surface area contributed by atoms with Crippen molar-refractivity contribution in [3.8, 4) is 0 Å². The normalized spacial score (nSPS) is 28.3. The summed E-state index contributed by atoms with van der Waals surface area (Å²) in [6.45, 7) is 6.39. The van der Waals surface area contributed by atoms with Crippen LogP contribution in [0.1, 0.15) is 40.5 Å². The Hall–Kier alpha value is -0.0500. The summed E-state index contributed by atoms with van der Waals surface area (Å²) in [4.78, 5) is 2.66. The molecule has 1 aliphatic rings. The molecule has 0 aliphatic carbocycles. The van der Waals surface area contributed by atoms with Crippen molar-refractivity contribution in [2.24, 2.45) is 0 Å².